The zero-order valence-corrected chi connectivity index (χ0v) is 12.1. The predicted octanol–water partition coefficient (Wildman–Crippen LogP) is 4.31. The molecule has 0 aliphatic heterocycles. The van der Waals surface area contributed by atoms with Crippen molar-refractivity contribution in [3.8, 4) is 11.1 Å². The molecule has 0 bridgehead atoms. The molecule has 0 aliphatic rings. The van der Waals surface area contributed by atoms with Gasteiger partial charge >= 0.3 is 0 Å². The number of aromatic nitrogens is 3. The summed E-state index contributed by atoms with van der Waals surface area (Å²) in [6, 6.07) is 18.7. The van der Waals surface area contributed by atoms with Crippen molar-refractivity contribution in [2.45, 2.75) is 0 Å². The Labute approximate surface area is 124 Å². The summed E-state index contributed by atoms with van der Waals surface area (Å²) in [4.78, 5) is 0. The van der Waals surface area contributed by atoms with Gasteiger partial charge in [-0.25, -0.2) is 0 Å². The van der Waals surface area contributed by atoms with Crippen LogP contribution in [-0.2, 0) is 0 Å². The molecule has 20 heavy (non-hydrogen) atoms. The summed E-state index contributed by atoms with van der Waals surface area (Å²) in [5.74, 6) is 0. The van der Waals surface area contributed by atoms with Crippen LogP contribution in [0, 0.1) is 0 Å². The van der Waals surface area contributed by atoms with Crippen LogP contribution in [0.3, 0.4) is 0 Å². The van der Waals surface area contributed by atoms with Crippen molar-refractivity contribution in [3.63, 3.8) is 0 Å². The van der Waals surface area contributed by atoms with Crippen molar-refractivity contribution in [3.05, 3.63) is 65.4 Å². The lowest BCUT2D eigenvalue weighted by molar-refractivity contribution is 1.11. The van der Waals surface area contributed by atoms with Crippen LogP contribution in [0.2, 0.25) is 0 Å². The number of nitrogens with zero attached hydrogens (tertiary/aromatic N) is 3. The van der Waals surface area contributed by atoms with E-state index >= 15 is 0 Å². The van der Waals surface area contributed by atoms with Crippen molar-refractivity contribution >= 4 is 32.5 Å². The highest BCUT2D eigenvalue weighted by atomic mass is 79.9. The predicted molar refractivity (Wildman–Crippen MR) is 83.6 cm³/mol. The molecule has 0 fully saturated rings. The highest BCUT2D eigenvalue weighted by Gasteiger charge is 2.09. The second-order valence-electron chi connectivity index (χ2n) is 4.64. The Hall–Kier alpha value is -2.20. The number of halogens is 1. The average molecular weight is 324 g/mol. The largest absolute Gasteiger partial charge is 0.281 e. The summed E-state index contributed by atoms with van der Waals surface area (Å²) >= 11 is 3.55. The van der Waals surface area contributed by atoms with Gasteiger partial charge in [-0.05, 0) is 35.4 Å². The number of benzene rings is 2. The Kier molecular flexibility index (Phi) is 2.57. The summed E-state index contributed by atoms with van der Waals surface area (Å²) in [5.41, 5.74) is 4.32. The van der Waals surface area contributed by atoms with Gasteiger partial charge in [-0.3, -0.25) is 4.40 Å². The van der Waals surface area contributed by atoms with Crippen LogP contribution in [0.25, 0.3) is 27.7 Å². The minimum Gasteiger partial charge on any atom is -0.281 e. The smallest absolute Gasteiger partial charge is 0.161 e. The quantitative estimate of drug-likeness (QED) is 0.522. The molecule has 0 N–H and O–H groups in total. The molecule has 2 aromatic heterocycles. The van der Waals surface area contributed by atoms with Crippen molar-refractivity contribution < 1.29 is 0 Å². The Morgan fingerprint density at radius 3 is 2.65 bits per heavy atom. The maximum Gasteiger partial charge on any atom is 0.161 e. The van der Waals surface area contributed by atoms with E-state index in [1.807, 2.05) is 28.7 Å². The molecule has 0 radical (unpaired) electrons. The molecule has 0 atom stereocenters. The van der Waals surface area contributed by atoms with Crippen LogP contribution < -0.4 is 0 Å². The molecule has 96 valence electrons. The maximum atomic E-state index is 4.18. The molecule has 4 rings (SSSR count). The summed E-state index contributed by atoms with van der Waals surface area (Å²) in [6.07, 6.45) is 1.75. The number of hydrogen-bond donors (Lipinski definition) is 0. The van der Waals surface area contributed by atoms with Crippen molar-refractivity contribution in [1.29, 1.82) is 0 Å². The van der Waals surface area contributed by atoms with Crippen LogP contribution in [-0.4, -0.2) is 14.6 Å². The zero-order chi connectivity index (χ0) is 13.5. The topological polar surface area (TPSA) is 30.2 Å². The highest BCUT2D eigenvalue weighted by Crippen LogP contribution is 2.31. The van der Waals surface area contributed by atoms with Gasteiger partial charge in [-0.1, -0.05) is 46.3 Å². The summed E-state index contributed by atoms with van der Waals surface area (Å²) in [6.45, 7) is 0. The SMILES string of the molecule is Brc1ccc2c(c1)c(-c1ccccc1)cc1nncn12. The molecule has 2 aromatic carbocycles. The first-order chi connectivity index (χ1) is 9.83. The van der Waals surface area contributed by atoms with Gasteiger partial charge in [0.2, 0.25) is 0 Å². The minimum absolute atomic E-state index is 0.860. The number of rotatable bonds is 1. The van der Waals surface area contributed by atoms with Crippen LogP contribution in [0.1, 0.15) is 0 Å². The van der Waals surface area contributed by atoms with E-state index in [2.05, 4.69) is 56.5 Å². The first-order valence-electron chi connectivity index (χ1n) is 6.30. The lowest BCUT2D eigenvalue weighted by Crippen LogP contribution is -1.90. The zero-order valence-electron chi connectivity index (χ0n) is 10.5. The summed E-state index contributed by atoms with van der Waals surface area (Å²) in [7, 11) is 0. The van der Waals surface area contributed by atoms with Gasteiger partial charge < -0.3 is 0 Å². The third kappa shape index (κ3) is 1.72. The van der Waals surface area contributed by atoms with Crippen molar-refractivity contribution in [2.24, 2.45) is 0 Å². The van der Waals surface area contributed by atoms with E-state index in [0.29, 0.717) is 0 Å². The number of hydrogen-bond acceptors (Lipinski definition) is 2. The van der Waals surface area contributed by atoms with Gasteiger partial charge in [0.25, 0.3) is 0 Å². The van der Waals surface area contributed by atoms with Crippen LogP contribution >= 0.6 is 15.9 Å². The minimum atomic E-state index is 0.860. The van der Waals surface area contributed by atoms with Gasteiger partial charge in [0, 0.05) is 9.86 Å². The molecule has 0 saturated carbocycles. The summed E-state index contributed by atoms with van der Waals surface area (Å²) < 4.78 is 3.07. The molecule has 0 aliphatic carbocycles. The van der Waals surface area contributed by atoms with Crippen LogP contribution in [0.15, 0.2) is 65.4 Å². The van der Waals surface area contributed by atoms with Gasteiger partial charge in [0.1, 0.15) is 6.33 Å². The van der Waals surface area contributed by atoms with Crippen LogP contribution in [0.4, 0.5) is 0 Å². The van der Waals surface area contributed by atoms with E-state index in [1.165, 1.54) is 16.5 Å². The monoisotopic (exact) mass is 323 g/mol. The Morgan fingerprint density at radius 2 is 1.80 bits per heavy atom. The fourth-order valence-corrected chi connectivity index (χ4v) is 2.89. The van der Waals surface area contributed by atoms with Gasteiger partial charge in [-0.15, -0.1) is 10.2 Å². The lowest BCUT2D eigenvalue weighted by atomic mass is 10.0. The van der Waals surface area contributed by atoms with E-state index in [-0.39, 0.29) is 0 Å². The number of fused-ring (bicyclic) bond motifs is 3. The first kappa shape index (κ1) is 11.6. The van der Waals surface area contributed by atoms with E-state index < -0.39 is 0 Å². The first-order valence-corrected chi connectivity index (χ1v) is 7.10. The molecule has 0 spiro atoms. The maximum absolute atomic E-state index is 4.18. The van der Waals surface area contributed by atoms with Crippen molar-refractivity contribution in [2.75, 3.05) is 0 Å². The molecule has 3 nitrogen and oxygen atoms in total. The Morgan fingerprint density at radius 1 is 0.950 bits per heavy atom. The third-order valence-corrected chi connectivity index (χ3v) is 3.93. The third-order valence-electron chi connectivity index (χ3n) is 3.44. The van der Waals surface area contributed by atoms with Gasteiger partial charge in [0.05, 0.1) is 5.52 Å². The second-order valence-corrected chi connectivity index (χ2v) is 5.56. The van der Waals surface area contributed by atoms with E-state index in [1.54, 1.807) is 6.33 Å². The molecular formula is C16H10BrN3. The van der Waals surface area contributed by atoms with E-state index in [9.17, 15) is 0 Å². The van der Waals surface area contributed by atoms with Gasteiger partial charge in [-0.2, -0.15) is 0 Å². The molecule has 0 amide bonds. The molecule has 2 heterocycles. The molecule has 0 unspecified atom stereocenters. The molecule has 4 aromatic rings. The molecule has 4 heteroatoms. The number of pyridine rings is 1. The van der Waals surface area contributed by atoms with E-state index in [0.717, 1.165) is 15.6 Å². The Balaban J connectivity index is 2.19. The van der Waals surface area contributed by atoms with E-state index in [4.69, 9.17) is 0 Å². The standard InChI is InChI=1S/C16H10BrN3/c17-12-6-7-15-14(8-12)13(11-4-2-1-3-5-11)9-16-19-18-10-20(15)16/h1-10H. The molecule has 0 saturated heterocycles. The van der Waals surface area contributed by atoms with Crippen LogP contribution in [0.5, 0.6) is 0 Å². The lowest BCUT2D eigenvalue weighted by Gasteiger charge is -2.09. The highest BCUT2D eigenvalue weighted by molar-refractivity contribution is 9.10. The summed E-state index contributed by atoms with van der Waals surface area (Å²) in [5, 5.41) is 9.37. The normalized spacial score (nSPS) is 11.2. The second kappa shape index (κ2) is 4.42. The fraction of sp³-hybridized carbons (Fsp3) is 0. The van der Waals surface area contributed by atoms with Gasteiger partial charge in [0.15, 0.2) is 5.65 Å². The molecular weight excluding hydrogens is 314 g/mol. The average Bonchev–Trinajstić information content (AvgIpc) is 2.95. The Bertz CT molecular complexity index is 913. The fourth-order valence-electron chi connectivity index (χ4n) is 2.53. The van der Waals surface area contributed by atoms with Crippen molar-refractivity contribution in [1.82, 2.24) is 14.6 Å².